The largest absolute Gasteiger partial charge is 0.359 e. The van der Waals surface area contributed by atoms with Crippen molar-refractivity contribution in [2.24, 2.45) is 5.41 Å². The van der Waals surface area contributed by atoms with Crippen LogP contribution in [0.4, 0.5) is 0 Å². The van der Waals surface area contributed by atoms with Gasteiger partial charge in [-0.25, -0.2) is 0 Å². The fourth-order valence-electron chi connectivity index (χ4n) is 5.00. The number of carbonyl (C=O) groups excluding carboxylic acids is 3. The zero-order valence-electron chi connectivity index (χ0n) is 18.7. The summed E-state index contributed by atoms with van der Waals surface area (Å²) in [7, 11) is 1.64. The van der Waals surface area contributed by atoms with E-state index in [4.69, 9.17) is 0 Å². The Labute approximate surface area is 188 Å². The van der Waals surface area contributed by atoms with Crippen LogP contribution in [0, 0.1) is 5.41 Å². The monoisotopic (exact) mass is 434 g/mol. The first kappa shape index (κ1) is 22.0. The van der Waals surface area contributed by atoms with Gasteiger partial charge in [-0.2, -0.15) is 0 Å². The fraction of sp³-hybridized carbons (Fsp3) is 0.440. The molecule has 0 spiro atoms. The van der Waals surface area contributed by atoms with E-state index >= 15 is 0 Å². The van der Waals surface area contributed by atoms with Crippen LogP contribution in [0.2, 0.25) is 0 Å². The van der Waals surface area contributed by atoms with Gasteiger partial charge in [0.05, 0.1) is 5.41 Å². The van der Waals surface area contributed by atoms with Crippen LogP contribution in [0.1, 0.15) is 31.7 Å². The normalized spacial score (nSPS) is 21.6. The highest BCUT2D eigenvalue weighted by atomic mass is 16.2. The van der Waals surface area contributed by atoms with Crippen molar-refractivity contribution in [3.63, 3.8) is 0 Å². The molecule has 2 aliphatic heterocycles. The van der Waals surface area contributed by atoms with Crippen LogP contribution in [0.3, 0.4) is 0 Å². The third-order valence-electron chi connectivity index (χ3n) is 6.77. The van der Waals surface area contributed by atoms with Crippen molar-refractivity contribution in [2.75, 3.05) is 26.7 Å². The second-order valence-electron chi connectivity index (χ2n) is 8.85. The number of amides is 3. The summed E-state index contributed by atoms with van der Waals surface area (Å²) in [6, 6.07) is 11.6. The summed E-state index contributed by atoms with van der Waals surface area (Å²) >= 11 is 0. The molecule has 0 aliphatic carbocycles. The van der Waals surface area contributed by atoms with Crippen molar-refractivity contribution in [3.05, 3.63) is 54.4 Å². The van der Waals surface area contributed by atoms with Gasteiger partial charge < -0.3 is 15.1 Å². The third-order valence-corrected chi connectivity index (χ3v) is 6.77. The number of nitrogens with one attached hydrogen (secondary N) is 1. The summed E-state index contributed by atoms with van der Waals surface area (Å²) in [5, 5.41) is 2.81. The highest BCUT2D eigenvalue weighted by Gasteiger charge is 2.47. The second-order valence-corrected chi connectivity index (χ2v) is 8.85. The minimum absolute atomic E-state index is 0.0369. The molecule has 3 amide bonds. The van der Waals surface area contributed by atoms with Crippen molar-refractivity contribution in [2.45, 2.75) is 38.6 Å². The number of benzene rings is 1. The lowest BCUT2D eigenvalue weighted by molar-refractivity contribution is -0.142. The average Bonchev–Trinajstić information content (AvgIpc) is 3.45. The topological polar surface area (TPSA) is 82.6 Å². The Balaban J connectivity index is 1.54. The van der Waals surface area contributed by atoms with E-state index in [1.54, 1.807) is 30.0 Å². The first-order valence-electron chi connectivity index (χ1n) is 11.2. The van der Waals surface area contributed by atoms with Crippen LogP contribution in [-0.4, -0.2) is 65.2 Å². The molecule has 1 N–H and O–H groups in total. The lowest BCUT2D eigenvalue weighted by Crippen LogP contribution is -2.49. The Morgan fingerprint density at radius 1 is 1.19 bits per heavy atom. The van der Waals surface area contributed by atoms with E-state index in [0.29, 0.717) is 38.9 Å². The van der Waals surface area contributed by atoms with Crippen molar-refractivity contribution in [1.82, 2.24) is 20.1 Å². The number of hydrogen-bond donors (Lipinski definition) is 1. The number of nitrogens with zero attached hydrogens (tertiary/aromatic N) is 3. The minimum atomic E-state index is -0.688. The lowest BCUT2D eigenvalue weighted by atomic mass is 9.79. The zero-order valence-corrected chi connectivity index (χ0v) is 18.7. The quantitative estimate of drug-likeness (QED) is 0.756. The van der Waals surface area contributed by atoms with Gasteiger partial charge in [0.15, 0.2) is 0 Å². The van der Waals surface area contributed by atoms with E-state index in [1.807, 2.05) is 36.5 Å². The molecule has 4 rings (SSSR count). The van der Waals surface area contributed by atoms with Crippen LogP contribution in [0.15, 0.2) is 48.8 Å². The molecule has 2 atom stereocenters. The lowest BCUT2D eigenvalue weighted by Gasteiger charge is -2.30. The number of pyridine rings is 1. The summed E-state index contributed by atoms with van der Waals surface area (Å²) < 4.78 is 0. The highest BCUT2D eigenvalue weighted by molar-refractivity contribution is 5.90. The first-order valence-corrected chi connectivity index (χ1v) is 11.2. The Morgan fingerprint density at radius 3 is 2.69 bits per heavy atom. The Bertz CT molecular complexity index is 1010. The summed E-state index contributed by atoms with van der Waals surface area (Å²) in [6.07, 6.45) is 6.01. The summed E-state index contributed by atoms with van der Waals surface area (Å²) in [4.78, 5) is 45.9. The summed E-state index contributed by atoms with van der Waals surface area (Å²) in [5.41, 5.74) is 2.43. The molecule has 7 heteroatoms. The van der Waals surface area contributed by atoms with E-state index in [2.05, 4.69) is 16.4 Å². The van der Waals surface area contributed by atoms with Gasteiger partial charge in [-0.15, -0.1) is 0 Å². The first-order chi connectivity index (χ1) is 15.4. The Kier molecular flexibility index (Phi) is 6.26. The molecule has 1 aromatic carbocycles. The van der Waals surface area contributed by atoms with Gasteiger partial charge in [0, 0.05) is 45.5 Å². The van der Waals surface area contributed by atoms with Crippen molar-refractivity contribution >= 4 is 17.7 Å². The predicted octanol–water partition coefficient (Wildman–Crippen LogP) is 2.27. The molecule has 1 aromatic heterocycles. The van der Waals surface area contributed by atoms with Crippen molar-refractivity contribution < 1.29 is 14.4 Å². The summed E-state index contributed by atoms with van der Waals surface area (Å²) in [6.45, 7) is 3.29. The van der Waals surface area contributed by atoms with E-state index in [1.165, 1.54) is 0 Å². The van der Waals surface area contributed by atoms with Gasteiger partial charge in [-0.1, -0.05) is 30.3 Å². The van der Waals surface area contributed by atoms with E-state index in [9.17, 15) is 14.4 Å². The molecular weight excluding hydrogens is 404 g/mol. The fourth-order valence-corrected chi connectivity index (χ4v) is 5.00. The van der Waals surface area contributed by atoms with Crippen LogP contribution in [-0.2, 0) is 20.8 Å². The minimum Gasteiger partial charge on any atom is -0.359 e. The molecule has 32 heavy (non-hydrogen) atoms. The molecule has 0 unspecified atom stereocenters. The molecule has 3 heterocycles. The second kappa shape index (κ2) is 9.10. The number of carbonyl (C=O) groups is 3. The van der Waals surface area contributed by atoms with E-state index in [-0.39, 0.29) is 17.7 Å². The van der Waals surface area contributed by atoms with Crippen molar-refractivity contribution in [3.8, 4) is 11.1 Å². The third kappa shape index (κ3) is 4.24. The number of aromatic nitrogens is 1. The maximum absolute atomic E-state index is 13.2. The average molecular weight is 435 g/mol. The molecule has 2 saturated heterocycles. The maximum Gasteiger partial charge on any atom is 0.245 e. The molecule has 2 aromatic rings. The maximum atomic E-state index is 13.2. The predicted molar refractivity (Wildman–Crippen MR) is 121 cm³/mol. The SMILES string of the molecule is CNC(=O)[C@@]1(Cc2cccc(-c3cccnc3)c2)CCN(C(=O)[C@H](C)N2CCCC2=O)C1. The Morgan fingerprint density at radius 2 is 2.00 bits per heavy atom. The van der Waals surface area contributed by atoms with Crippen molar-refractivity contribution in [1.29, 1.82) is 0 Å². The van der Waals surface area contributed by atoms with E-state index in [0.717, 1.165) is 23.1 Å². The number of likely N-dealkylation sites (tertiary alicyclic amines) is 2. The molecule has 7 nitrogen and oxygen atoms in total. The van der Waals surface area contributed by atoms with Gasteiger partial charge in [-0.3, -0.25) is 19.4 Å². The molecule has 2 fully saturated rings. The molecule has 2 aliphatic rings. The van der Waals surface area contributed by atoms with Crippen LogP contribution in [0.25, 0.3) is 11.1 Å². The van der Waals surface area contributed by atoms with E-state index < -0.39 is 11.5 Å². The van der Waals surface area contributed by atoms with Crippen LogP contribution >= 0.6 is 0 Å². The molecule has 168 valence electrons. The van der Waals surface area contributed by atoms with Crippen LogP contribution in [0.5, 0.6) is 0 Å². The molecule has 0 bridgehead atoms. The van der Waals surface area contributed by atoms with Gasteiger partial charge in [0.1, 0.15) is 6.04 Å². The smallest absolute Gasteiger partial charge is 0.245 e. The zero-order chi connectivity index (χ0) is 22.7. The van der Waals surface area contributed by atoms with Gasteiger partial charge >= 0.3 is 0 Å². The van der Waals surface area contributed by atoms with Crippen LogP contribution < -0.4 is 5.32 Å². The number of hydrogen-bond acceptors (Lipinski definition) is 4. The van der Waals surface area contributed by atoms with Gasteiger partial charge in [0.25, 0.3) is 0 Å². The highest BCUT2D eigenvalue weighted by Crippen LogP contribution is 2.36. The molecular formula is C25H30N4O3. The molecule has 0 radical (unpaired) electrons. The van der Waals surface area contributed by atoms with Gasteiger partial charge in [0.2, 0.25) is 17.7 Å². The summed E-state index contributed by atoms with van der Waals surface area (Å²) in [5.74, 6) is -0.0885. The van der Waals surface area contributed by atoms with Gasteiger partial charge in [-0.05, 0) is 48.9 Å². The standard InChI is InChI=1S/C25H30N4O3/c1-18(29-12-5-9-22(29)30)23(31)28-13-10-25(17-28,24(32)26-2)15-19-6-3-7-20(14-19)21-8-4-11-27-16-21/h3-4,6-8,11,14,16,18H,5,9-10,12-13,15,17H2,1-2H3,(H,26,32)/t18-,25+/m0/s1. The number of rotatable bonds is 6. The molecule has 0 saturated carbocycles. The Hall–Kier alpha value is -3.22.